The minimum atomic E-state index is -4.96. The number of nitrogens with one attached hydrogen (secondary N) is 1. The van der Waals surface area contributed by atoms with Crippen LogP contribution < -0.4 is 9.67 Å². The van der Waals surface area contributed by atoms with E-state index in [4.69, 9.17) is 13.3 Å². The summed E-state index contributed by atoms with van der Waals surface area (Å²) in [5, 5.41) is 11.3. The molecule has 1 amide bonds. The minimum absolute atomic E-state index is 0.0257. The van der Waals surface area contributed by atoms with Gasteiger partial charge in [-0.15, -0.1) is 0 Å². The molecular formula is C7H8AsNO5. The van der Waals surface area contributed by atoms with Crippen LogP contribution in [0.2, 0.25) is 0 Å². The Balaban J connectivity index is 3.19. The molecule has 0 spiro atoms. The SMILES string of the molecule is O=CNc1cc([As](=O)(O)O)ccc1O. The Hall–Kier alpha value is -1.23. The molecule has 0 bridgehead atoms. The molecule has 1 rings (SSSR count). The molecule has 0 saturated heterocycles. The van der Waals surface area contributed by atoms with Gasteiger partial charge >= 0.3 is 81.7 Å². The van der Waals surface area contributed by atoms with Crippen molar-refractivity contribution < 1.29 is 21.8 Å². The van der Waals surface area contributed by atoms with Crippen molar-refractivity contribution in [2.75, 3.05) is 5.32 Å². The van der Waals surface area contributed by atoms with Crippen LogP contribution in [0.4, 0.5) is 5.69 Å². The van der Waals surface area contributed by atoms with E-state index in [0.717, 1.165) is 18.2 Å². The number of carbonyl (C=O) groups is 1. The predicted molar refractivity (Wildman–Crippen MR) is 48.3 cm³/mol. The predicted octanol–water partition coefficient (Wildman–Crippen LogP) is -1.48. The molecule has 0 aromatic heterocycles. The molecule has 0 aliphatic rings. The van der Waals surface area contributed by atoms with E-state index in [2.05, 4.69) is 5.32 Å². The van der Waals surface area contributed by atoms with Gasteiger partial charge in [0.2, 0.25) is 0 Å². The van der Waals surface area contributed by atoms with Crippen molar-refractivity contribution >= 4 is 30.6 Å². The Kier molecular flexibility index (Phi) is 3.00. The third kappa shape index (κ3) is 2.38. The summed E-state index contributed by atoms with van der Waals surface area (Å²) in [5.41, 5.74) is -0.0257. The van der Waals surface area contributed by atoms with Crippen LogP contribution in [-0.2, 0) is 8.53 Å². The van der Waals surface area contributed by atoms with Crippen molar-refractivity contribution in [2.24, 2.45) is 0 Å². The summed E-state index contributed by atoms with van der Waals surface area (Å²) in [6.07, 6.45) is 0.311. The zero-order valence-corrected chi connectivity index (χ0v) is 8.79. The molecule has 0 atom stereocenters. The van der Waals surface area contributed by atoms with Crippen LogP contribution in [0, 0.1) is 0 Å². The van der Waals surface area contributed by atoms with Gasteiger partial charge in [0.15, 0.2) is 0 Å². The average Bonchev–Trinajstić information content (AvgIpc) is 2.07. The van der Waals surface area contributed by atoms with E-state index in [9.17, 15) is 8.53 Å². The van der Waals surface area contributed by atoms with Gasteiger partial charge in [-0.1, -0.05) is 0 Å². The number of amides is 1. The molecule has 1 aromatic rings. The zero-order chi connectivity index (χ0) is 10.8. The molecule has 6 nitrogen and oxygen atoms in total. The number of benzene rings is 1. The number of anilines is 1. The van der Waals surface area contributed by atoms with Crippen molar-refractivity contribution in [1.82, 2.24) is 0 Å². The van der Waals surface area contributed by atoms with Crippen LogP contribution in [0.3, 0.4) is 0 Å². The second-order valence-electron chi connectivity index (χ2n) is 2.51. The summed E-state index contributed by atoms with van der Waals surface area (Å²) in [6.45, 7) is 0. The molecule has 1 aromatic carbocycles. The summed E-state index contributed by atoms with van der Waals surface area (Å²) in [5.74, 6) is -0.246. The molecule has 0 radical (unpaired) electrons. The maximum atomic E-state index is 10.9. The topological polar surface area (TPSA) is 107 Å². The number of phenols is 1. The average molecular weight is 261 g/mol. The van der Waals surface area contributed by atoms with E-state index in [1.165, 1.54) is 0 Å². The number of hydrogen-bond donors (Lipinski definition) is 4. The number of rotatable bonds is 3. The van der Waals surface area contributed by atoms with Gasteiger partial charge in [0.25, 0.3) is 0 Å². The van der Waals surface area contributed by atoms with Crippen molar-refractivity contribution in [1.29, 1.82) is 0 Å². The summed E-state index contributed by atoms with van der Waals surface area (Å²) in [6, 6.07) is 3.27. The van der Waals surface area contributed by atoms with Crippen molar-refractivity contribution in [3.05, 3.63) is 18.2 Å². The normalized spacial score (nSPS) is 11.0. The Labute approximate surface area is 82.2 Å². The summed E-state index contributed by atoms with van der Waals surface area (Å²) in [4.78, 5) is 10.1. The molecular weight excluding hydrogens is 253 g/mol. The van der Waals surface area contributed by atoms with Gasteiger partial charge in [0.1, 0.15) is 0 Å². The quantitative estimate of drug-likeness (QED) is 0.301. The van der Waals surface area contributed by atoms with E-state index in [1.54, 1.807) is 0 Å². The first-order valence-electron chi connectivity index (χ1n) is 3.54. The first-order chi connectivity index (χ1) is 6.45. The van der Waals surface area contributed by atoms with Crippen molar-refractivity contribution in [3.8, 4) is 5.75 Å². The van der Waals surface area contributed by atoms with Crippen LogP contribution >= 0.6 is 0 Å². The van der Waals surface area contributed by atoms with Gasteiger partial charge in [-0.3, -0.25) is 0 Å². The van der Waals surface area contributed by atoms with Crippen LogP contribution in [0.5, 0.6) is 5.75 Å². The molecule has 0 unspecified atom stereocenters. The van der Waals surface area contributed by atoms with Gasteiger partial charge in [0, 0.05) is 0 Å². The van der Waals surface area contributed by atoms with Crippen molar-refractivity contribution in [2.45, 2.75) is 0 Å². The molecule has 4 N–H and O–H groups in total. The maximum absolute atomic E-state index is 10.9. The molecule has 0 heterocycles. The third-order valence-electron chi connectivity index (χ3n) is 1.53. The summed E-state index contributed by atoms with van der Waals surface area (Å²) in [7, 11) is 0. The van der Waals surface area contributed by atoms with Crippen LogP contribution in [0.1, 0.15) is 0 Å². The Morgan fingerprint density at radius 1 is 1.36 bits per heavy atom. The molecule has 14 heavy (non-hydrogen) atoms. The Bertz CT molecular complexity index is 399. The summed E-state index contributed by atoms with van der Waals surface area (Å²) >= 11 is -4.96. The van der Waals surface area contributed by atoms with Gasteiger partial charge in [-0.2, -0.15) is 0 Å². The zero-order valence-electron chi connectivity index (χ0n) is 6.91. The molecule has 76 valence electrons. The second kappa shape index (κ2) is 3.87. The molecule has 0 saturated carbocycles. The fraction of sp³-hybridized carbons (Fsp3) is 0. The first-order valence-corrected chi connectivity index (χ1v) is 6.93. The number of hydrogen-bond acceptors (Lipinski definition) is 3. The van der Waals surface area contributed by atoms with E-state index in [-0.39, 0.29) is 15.8 Å². The van der Waals surface area contributed by atoms with Gasteiger partial charge < -0.3 is 0 Å². The van der Waals surface area contributed by atoms with Crippen LogP contribution in [0.15, 0.2) is 18.2 Å². The fourth-order valence-corrected chi connectivity index (χ4v) is 2.07. The van der Waals surface area contributed by atoms with E-state index >= 15 is 0 Å². The second-order valence-corrected chi connectivity index (χ2v) is 5.87. The van der Waals surface area contributed by atoms with E-state index in [1.807, 2.05) is 0 Å². The molecule has 0 fully saturated rings. The number of carbonyl (C=O) groups excluding carboxylic acids is 1. The molecule has 0 aliphatic carbocycles. The van der Waals surface area contributed by atoms with Gasteiger partial charge in [0.05, 0.1) is 0 Å². The standard InChI is InChI=1S/C7H8AsNO5/c10-4-9-6-3-5(8(12,13)14)1-2-7(6)11/h1-4,11H,(H,9,10)(H2,12,13,14). The monoisotopic (exact) mass is 261 g/mol. The Morgan fingerprint density at radius 2 is 2.00 bits per heavy atom. The van der Waals surface area contributed by atoms with Crippen molar-refractivity contribution in [3.63, 3.8) is 0 Å². The van der Waals surface area contributed by atoms with Crippen LogP contribution in [-0.4, -0.2) is 33.9 Å². The van der Waals surface area contributed by atoms with E-state index < -0.39 is 14.2 Å². The molecule has 7 heteroatoms. The number of aromatic hydroxyl groups is 1. The summed E-state index contributed by atoms with van der Waals surface area (Å²) < 4.78 is 28.3. The first kappa shape index (κ1) is 10.8. The molecule has 0 aliphatic heterocycles. The number of phenolic OH excluding ortho intramolecular Hbond substituents is 1. The van der Waals surface area contributed by atoms with Gasteiger partial charge in [-0.05, 0) is 0 Å². The van der Waals surface area contributed by atoms with Gasteiger partial charge in [-0.25, -0.2) is 0 Å². The fourth-order valence-electron chi connectivity index (χ4n) is 0.884. The third-order valence-corrected chi connectivity index (χ3v) is 3.53. The van der Waals surface area contributed by atoms with E-state index in [0.29, 0.717) is 6.41 Å². The Morgan fingerprint density at radius 3 is 2.50 bits per heavy atom. The van der Waals surface area contributed by atoms with Crippen LogP contribution in [0.25, 0.3) is 0 Å².